The number of fused-ring (bicyclic) bond motifs is 1. The molecule has 1 aromatic heterocycles. The number of nitrogens with one attached hydrogen (secondary N) is 1. The first-order chi connectivity index (χ1) is 10.6. The second-order valence-corrected chi connectivity index (χ2v) is 6.80. The van der Waals surface area contributed by atoms with E-state index in [-0.39, 0.29) is 5.91 Å². The quantitative estimate of drug-likeness (QED) is 0.874. The van der Waals surface area contributed by atoms with Gasteiger partial charge in [-0.05, 0) is 30.2 Å². The Morgan fingerprint density at radius 1 is 1.32 bits per heavy atom. The van der Waals surface area contributed by atoms with Gasteiger partial charge < -0.3 is 10.1 Å². The van der Waals surface area contributed by atoms with Crippen molar-refractivity contribution in [3.63, 3.8) is 0 Å². The molecule has 1 aliphatic rings. The largest absolute Gasteiger partial charge is 0.448 e. The molecule has 1 amide bonds. The zero-order valence-electron chi connectivity index (χ0n) is 11.7. The number of amides is 1. The molecule has 0 spiro atoms. The summed E-state index contributed by atoms with van der Waals surface area (Å²) in [6.07, 6.45) is 0.369. The lowest BCUT2D eigenvalue weighted by Gasteiger charge is -2.23. The van der Waals surface area contributed by atoms with Gasteiger partial charge in [0.2, 0.25) is 0 Å². The fraction of sp³-hybridized carbons (Fsp3) is 0.250. The smallest absolute Gasteiger partial charge is 0.339 e. The van der Waals surface area contributed by atoms with Crippen molar-refractivity contribution in [1.82, 2.24) is 5.32 Å². The molecule has 6 heteroatoms. The molecule has 22 heavy (non-hydrogen) atoms. The fourth-order valence-electron chi connectivity index (χ4n) is 2.39. The fourth-order valence-corrected chi connectivity index (χ4v) is 3.47. The molecule has 1 aliphatic heterocycles. The number of ether oxygens (including phenoxy) is 1. The number of cyclic esters (lactones) is 1. The first-order valence-corrected chi connectivity index (χ1v) is 8.14. The number of benzene rings is 1. The minimum Gasteiger partial charge on any atom is -0.448 e. The third kappa shape index (κ3) is 3.31. The van der Waals surface area contributed by atoms with E-state index < -0.39 is 12.1 Å². The zero-order valence-corrected chi connectivity index (χ0v) is 13.2. The van der Waals surface area contributed by atoms with Crippen LogP contribution in [-0.2, 0) is 22.4 Å². The molecule has 1 atom stereocenters. The van der Waals surface area contributed by atoms with Crippen LogP contribution in [0.3, 0.4) is 0 Å². The normalized spacial score (nSPS) is 16.8. The van der Waals surface area contributed by atoms with Gasteiger partial charge in [-0.15, -0.1) is 11.3 Å². The summed E-state index contributed by atoms with van der Waals surface area (Å²) in [5.41, 5.74) is 1.39. The monoisotopic (exact) mass is 335 g/mol. The predicted molar refractivity (Wildman–Crippen MR) is 85.4 cm³/mol. The van der Waals surface area contributed by atoms with Gasteiger partial charge in [0, 0.05) is 17.8 Å². The summed E-state index contributed by atoms with van der Waals surface area (Å²) < 4.78 is 5.95. The Hall–Kier alpha value is -1.85. The van der Waals surface area contributed by atoms with Crippen molar-refractivity contribution in [2.24, 2.45) is 0 Å². The molecule has 0 aliphatic carbocycles. The van der Waals surface area contributed by atoms with Crippen LogP contribution in [0.15, 0.2) is 36.4 Å². The van der Waals surface area contributed by atoms with Crippen LogP contribution >= 0.6 is 22.9 Å². The lowest BCUT2D eigenvalue weighted by atomic mass is 9.98. The lowest BCUT2D eigenvalue weighted by Crippen LogP contribution is -2.42. The van der Waals surface area contributed by atoms with Gasteiger partial charge in [0.05, 0.1) is 9.90 Å². The van der Waals surface area contributed by atoms with Gasteiger partial charge >= 0.3 is 5.97 Å². The SMILES string of the molecule is O=C1O[C@@H](C(=O)NCCc2ccc(Cl)s2)Cc2ccccc21. The van der Waals surface area contributed by atoms with Crippen molar-refractivity contribution in [3.8, 4) is 0 Å². The zero-order chi connectivity index (χ0) is 15.5. The molecule has 0 saturated heterocycles. The second-order valence-electron chi connectivity index (χ2n) is 5.00. The van der Waals surface area contributed by atoms with E-state index >= 15 is 0 Å². The van der Waals surface area contributed by atoms with Crippen LogP contribution < -0.4 is 5.32 Å². The van der Waals surface area contributed by atoms with Crippen LogP contribution in [0.5, 0.6) is 0 Å². The molecule has 0 fully saturated rings. The van der Waals surface area contributed by atoms with Crippen LogP contribution in [0.1, 0.15) is 20.8 Å². The maximum Gasteiger partial charge on any atom is 0.339 e. The lowest BCUT2D eigenvalue weighted by molar-refractivity contribution is -0.130. The van der Waals surface area contributed by atoms with Crippen molar-refractivity contribution in [2.45, 2.75) is 18.9 Å². The van der Waals surface area contributed by atoms with E-state index in [1.807, 2.05) is 24.3 Å². The van der Waals surface area contributed by atoms with E-state index in [9.17, 15) is 9.59 Å². The van der Waals surface area contributed by atoms with Crippen molar-refractivity contribution < 1.29 is 14.3 Å². The van der Waals surface area contributed by atoms with Crippen molar-refractivity contribution >= 4 is 34.8 Å². The number of rotatable bonds is 4. The molecule has 0 saturated carbocycles. The number of carbonyl (C=O) groups excluding carboxylic acids is 2. The number of halogens is 1. The molecule has 4 nitrogen and oxygen atoms in total. The van der Waals surface area contributed by atoms with E-state index in [2.05, 4.69) is 5.32 Å². The molecular weight excluding hydrogens is 322 g/mol. The van der Waals surface area contributed by atoms with Gasteiger partial charge in [0.1, 0.15) is 0 Å². The minimum atomic E-state index is -0.755. The average Bonchev–Trinajstić information content (AvgIpc) is 2.92. The molecule has 1 N–H and O–H groups in total. The Bertz CT molecular complexity index is 713. The number of hydrogen-bond acceptors (Lipinski definition) is 4. The molecule has 0 radical (unpaired) electrons. The number of hydrogen-bond donors (Lipinski definition) is 1. The summed E-state index contributed by atoms with van der Waals surface area (Å²) in [5, 5.41) is 2.81. The first-order valence-electron chi connectivity index (χ1n) is 6.94. The number of thiophene rings is 1. The maximum absolute atomic E-state index is 12.1. The Kier molecular flexibility index (Phi) is 4.45. The molecule has 114 valence electrons. The van der Waals surface area contributed by atoms with Crippen LogP contribution in [0.4, 0.5) is 0 Å². The molecule has 1 aromatic carbocycles. The summed E-state index contributed by atoms with van der Waals surface area (Å²) in [7, 11) is 0. The van der Waals surface area contributed by atoms with E-state index in [0.29, 0.717) is 24.9 Å². The highest BCUT2D eigenvalue weighted by molar-refractivity contribution is 7.16. The highest BCUT2D eigenvalue weighted by atomic mass is 35.5. The molecule has 0 bridgehead atoms. The van der Waals surface area contributed by atoms with E-state index in [1.54, 1.807) is 12.1 Å². The van der Waals surface area contributed by atoms with Crippen LogP contribution in [-0.4, -0.2) is 24.5 Å². The molecule has 3 rings (SSSR count). The summed E-state index contributed by atoms with van der Waals surface area (Å²) in [5.74, 6) is -0.697. The number of carbonyl (C=O) groups is 2. The topological polar surface area (TPSA) is 55.4 Å². The van der Waals surface area contributed by atoms with Gasteiger partial charge in [-0.25, -0.2) is 4.79 Å². The van der Waals surface area contributed by atoms with Crippen molar-refractivity contribution in [1.29, 1.82) is 0 Å². The van der Waals surface area contributed by atoms with Crippen LogP contribution in [0, 0.1) is 0 Å². The third-order valence-electron chi connectivity index (χ3n) is 3.48. The molecule has 0 unspecified atom stereocenters. The van der Waals surface area contributed by atoms with Crippen molar-refractivity contribution in [3.05, 3.63) is 56.7 Å². The average molecular weight is 336 g/mol. The molecular formula is C16H14ClNO3S. The van der Waals surface area contributed by atoms with E-state index in [4.69, 9.17) is 16.3 Å². The van der Waals surface area contributed by atoms with E-state index in [1.165, 1.54) is 11.3 Å². The van der Waals surface area contributed by atoms with Gasteiger partial charge in [0.15, 0.2) is 6.10 Å². The van der Waals surface area contributed by atoms with Gasteiger partial charge in [-0.3, -0.25) is 4.79 Å². The molecule has 2 heterocycles. The summed E-state index contributed by atoms with van der Waals surface area (Å²) >= 11 is 7.36. The maximum atomic E-state index is 12.1. The minimum absolute atomic E-state index is 0.259. The molecule has 2 aromatic rings. The summed E-state index contributed by atoms with van der Waals surface area (Å²) in [4.78, 5) is 25.1. The highest BCUT2D eigenvalue weighted by Gasteiger charge is 2.30. The Labute approximate surface area is 137 Å². The summed E-state index contributed by atoms with van der Waals surface area (Å²) in [6.45, 7) is 0.491. The third-order valence-corrected chi connectivity index (χ3v) is 4.77. The van der Waals surface area contributed by atoms with Crippen LogP contribution in [0.2, 0.25) is 4.34 Å². The van der Waals surface area contributed by atoms with Gasteiger partial charge in [-0.1, -0.05) is 29.8 Å². The first kappa shape index (κ1) is 15.1. The van der Waals surface area contributed by atoms with Gasteiger partial charge in [-0.2, -0.15) is 0 Å². The predicted octanol–water partition coefficient (Wildman–Crippen LogP) is 2.84. The standard InChI is InChI=1S/C16H14ClNO3S/c17-14-6-5-11(22-14)7-8-18-15(19)13-9-10-3-1-2-4-12(10)16(20)21-13/h1-6,13H,7-9H2,(H,18,19)/t13-/m1/s1. The Morgan fingerprint density at radius 3 is 2.91 bits per heavy atom. The van der Waals surface area contributed by atoms with E-state index in [0.717, 1.165) is 14.8 Å². The highest BCUT2D eigenvalue weighted by Crippen LogP contribution is 2.22. The van der Waals surface area contributed by atoms with Gasteiger partial charge in [0.25, 0.3) is 5.91 Å². The summed E-state index contributed by atoms with van der Waals surface area (Å²) in [6, 6.07) is 11.0. The van der Waals surface area contributed by atoms with Crippen molar-refractivity contribution in [2.75, 3.05) is 6.54 Å². The Morgan fingerprint density at radius 2 is 2.14 bits per heavy atom. The Balaban J connectivity index is 1.56. The second kappa shape index (κ2) is 6.50. The van der Waals surface area contributed by atoms with Crippen LogP contribution in [0.25, 0.3) is 0 Å². The number of esters is 1.